The van der Waals surface area contributed by atoms with Crippen LogP contribution in [0, 0.1) is 17.8 Å². The highest BCUT2D eigenvalue weighted by molar-refractivity contribution is 5.95. The molecule has 7 nitrogen and oxygen atoms in total. The fraction of sp³-hybridized carbons (Fsp3) is 0.350. The second-order valence-electron chi connectivity index (χ2n) is 7.29. The highest BCUT2D eigenvalue weighted by Crippen LogP contribution is 2.31. The number of aliphatic hydroxyl groups is 1. The SMILES string of the molecule is CC(C)(O)C#Cc1cc2c(-c3ccnc(N)n3)cn(CC3COC3)c2cn1. The van der Waals surface area contributed by atoms with Gasteiger partial charge in [-0.1, -0.05) is 5.92 Å². The van der Waals surface area contributed by atoms with Crippen LogP contribution in [-0.4, -0.2) is 43.4 Å². The Bertz CT molecular complexity index is 1050. The summed E-state index contributed by atoms with van der Waals surface area (Å²) in [5.41, 5.74) is 8.01. The first-order valence-corrected chi connectivity index (χ1v) is 8.80. The third kappa shape index (κ3) is 3.77. The van der Waals surface area contributed by atoms with Crippen LogP contribution in [0.15, 0.2) is 30.7 Å². The van der Waals surface area contributed by atoms with Gasteiger partial charge in [-0.05, 0) is 31.9 Å². The molecule has 0 radical (unpaired) electrons. The molecule has 4 rings (SSSR count). The molecule has 0 aliphatic carbocycles. The van der Waals surface area contributed by atoms with Gasteiger partial charge < -0.3 is 20.1 Å². The van der Waals surface area contributed by atoms with Crippen molar-refractivity contribution >= 4 is 16.9 Å². The third-order valence-electron chi connectivity index (χ3n) is 4.38. The molecule has 0 bridgehead atoms. The van der Waals surface area contributed by atoms with E-state index in [1.807, 2.05) is 18.3 Å². The lowest BCUT2D eigenvalue weighted by molar-refractivity contribution is -0.0388. The summed E-state index contributed by atoms with van der Waals surface area (Å²) in [4.78, 5) is 12.8. The molecule has 3 N–H and O–H groups in total. The first kappa shape index (κ1) is 17.5. The van der Waals surface area contributed by atoms with Gasteiger partial charge in [0.2, 0.25) is 5.95 Å². The molecular weight excluding hydrogens is 342 g/mol. The quantitative estimate of drug-likeness (QED) is 0.689. The molecule has 138 valence electrons. The number of nitrogen functional groups attached to an aromatic ring is 1. The zero-order chi connectivity index (χ0) is 19.0. The third-order valence-corrected chi connectivity index (χ3v) is 4.38. The maximum Gasteiger partial charge on any atom is 0.220 e. The Labute approximate surface area is 157 Å². The predicted octanol–water partition coefficient (Wildman–Crippen LogP) is 1.84. The van der Waals surface area contributed by atoms with Crippen molar-refractivity contribution < 1.29 is 9.84 Å². The van der Waals surface area contributed by atoms with Gasteiger partial charge in [-0.15, -0.1) is 0 Å². The van der Waals surface area contributed by atoms with Gasteiger partial charge in [0, 0.05) is 35.8 Å². The summed E-state index contributed by atoms with van der Waals surface area (Å²) in [6, 6.07) is 3.76. The first-order chi connectivity index (χ1) is 12.9. The van der Waals surface area contributed by atoms with Gasteiger partial charge >= 0.3 is 0 Å². The van der Waals surface area contributed by atoms with E-state index in [-0.39, 0.29) is 5.95 Å². The molecule has 1 aliphatic rings. The van der Waals surface area contributed by atoms with Crippen molar-refractivity contribution in [2.45, 2.75) is 26.0 Å². The average Bonchev–Trinajstić information content (AvgIpc) is 2.94. The lowest BCUT2D eigenvalue weighted by Crippen LogP contribution is -2.31. The lowest BCUT2D eigenvalue weighted by Gasteiger charge is -2.26. The summed E-state index contributed by atoms with van der Waals surface area (Å²) in [5.74, 6) is 6.48. The Morgan fingerprint density at radius 3 is 2.85 bits per heavy atom. The van der Waals surface area contributed by atoms with E-state index in [4.69, 9.17) is 10.5 Å². The van der Waals surface area contributed by atoms with Crippen LogP contribution < -0.4 is 5.73 Å². The van der Waals surface area contributed by atoms with Crippen molar-refractivity contribution in [1.29, 1.82) is 0 Å². The predicted molar refractivity (Wildman–Crippen MR) is 103 cm³/mol. The van der Waals surface area contributed by atoms with Crippen LogP contribution in [-0.2, 0) is 11.3 Å². The van der Waals surface area contributed by atoms with E-state index in [2.05, 4.69) is 37.6 Å². The summed E-state index contributed by atoms with van der Waals surface area (Å²) in [7, 11) is 0. The Kier molecular flexibility index (Phi) is 4.30. The van der Waals surface area contributed by atoms with E-state index in [1.165, 1.54) is 0 Å². The average molecular weight is 363 g/mol. The maximum atomic E-state index is 9.84. The molecule has 3 aromatic heterocycles. The lowest BCUT2D eigenvalue weighted by atomic mass is 10.1. The van der Waals surface area contributed by atoms with Gasteiger partial charge in [0.15, 0.2) is 0 Å². The van der Waals surface area contributed by atoms with Crippen molar-refractivity contribution in [3.05, 3.63) is 36.4 Å². The summed E-state index contributed by atoms with van der Waals surface area (Å²) in [5, 5.41) is 10.8. The normalized spacial score (nSPS) is 14.6. The van der Waals surface area contributed by atoms with Crippen LogP contribution in [0.3, 0.4) is 0 Å². The number of hydrogen-bond donors (Lipinski definition) is 2. The van der Waals surface area contributed by atoms with Crippen LogP contribution in [0.25, 0.3) is 22.2 Å². The summed E-state index contributed by atoms with van der Waals surface area (Å²) < 4.78 is 7.48. The van der Waals surface area contributed by atoms with Crippen molar-refractivity contribution in [2.24, 2.45) is 5.92 Å². The number of pyridine rings is 1. The van der Waals surface area contributed by atoms with Crippen LogP contribution in [0.4, 0.5) is 5.95 Å². The number of hydrogen-bond acceptors (Lipinski definition) is 6. The van der Waals surface area contributed by atoms with E-state index in [1.54, 1.807) is 20.0 Å². The molecule has 4 heterocycles. The smallest absolute Gasteiger partial charge is 0.220 e. The number of aromatic nitrogens is 4. The van der Waals surface area contributed by atoms with Crippen molar-refractivity contribution in [2.75, 3.05) is 18.9 Å². The minimum Gasteiger partial charge on any atom is -0.381 e. The zero-order valence-electron chi connectivity index (χ0n) is 15.3. The molecule has 7 heteroatoms. The van der Waals surface area contributed by atoms with E-state index >= 15 is 0 Å². The molecule has 1 saturated heterocycles. The minimum atomic E-state index is -1.07. The monoisotopic (exact) mass is 363 g/mol. The number of ether oxygens (including phenoxy) is 1. The molecule has 27 heavy (non-hydrogen) atoms. The Morgan fingerprint density at radius 2 is 2.19 bits per heavy atom. The largest absolute Gasteiger partial charge is 0.381 e. The van der Waals surface area contributed by atoms with Crippen molar-refractivity contribution in [3.8, 4) is 23.1 Å². The molecule has 3 aromatic rings. The molecule has 0 spiro atoms. The molecule has 1 aliphatic heterocycles. The molecule has 0 amide bonds. The Balaban J connectivity index is 1.84. The highest BCUT2D eigenvalue weighted by atomic mass is 16.5. The number of anilines is 1. The van der Waals surface area contributed by atoms with E-state index in [9.17, 15) is 5.11 Å². The summed E-state index contributed by atoms with van der Waals surface area (Å²) in [6.45, 7) is 5.69. The Morgan fingerprint density at radius 1 is 1.37 bits per heavy atom. The first-order valence-electron chi connectivity index (χ1n) is 8.80. The van der Waals surface area contributed by atoms with Gasteiger partial charge in [0.25, 0.3) is 0 Å². The number of fused-ring (bicyclic) bond motifs is 1. The van der Waals surface area contributed by atoms with Crippen molar-refractivity contribution in [3.63, 3.8) is 0 Å². The minimum absolute atomic E-state index is 0.233. The fourth-order valence-corrected chi connectivity index (χ4v) is 3.02. The second-order valence-corrected chi connectivity index (χ2v) is 7.29. The van der Waals surface area contributed by atoms with Gasteiger partial charge in [-0.2, -0.15) is 0 Å². The zero-order valence-corrected chi connectivity index (χ0v) is 15.3. The standard InChI is InChI=1S/C20H21N5O2/c1-20(2,26)5-3-14-7-15-16(17-4-6-22-19(21)24-17)10-25(18(15)8-23-14)9-13-11-27-12-13/h4,6-8,10,13,26H,9,11-12H2,1-2H3,(H2,21,22,24). The van der Waals surface area contributed by atoms with E-state index < -0.39 is 5.60 Å². The maximum absolute atomic E-state index is 9.84. The van der Waals surface area contributed by atoms with Gasteiger partial charge in [0.1, 0.15) is 11.3 Å². The molecule has 0 aromatic carbocycles. The fourth-order valence-electron chi connectivity index (χ4n) is 3.02. The highest BCUT2D eigenvalue weighted by Gasteiger charge is 2.21. The molecule has 0 unspecified atom stereocenters. The number of rotatable bonds is 3. The van der Waals surface area contributed by atoms with Gasteiger partial charge in [-0.3, -0.25) is 0 Å². The van der Waals surface area contributed by atoms with Crippen LogP contribution in [0.2, 0.25) is 0 Å². The molecule has 0 atom stereocenters. The Hall–Kier alpha value is -2.95. The molecule has 0 saturated carbocycles. The van der Waals surface area contributed by atoms with Crippen LogP contribution in [0.5, 0.6) is 0 Å². The van der Waals surface area contributed by atoms with Crippen molar-refractivity contribution in [1.82, 2.24) is 19.5 Å². The van der Waals surface area contributed by atoms with Gasteiger partial charge in [0.05, 0.1) is 30.6 Å². The molecular formula is C20H21N5O2. The number of nitrogens with zero attached hydrogens (tertiary/aromatic N) is 4. The molecule has 1 fully saturated rings. The van der Waals surface area contributed by atoms with Crippen LogP contribution >= 0.6 is 0 Å². The van der Waals surface area contributed by atoms with E-state index in [0.717, 1.165) is 41.9 Å². The van der Waals surface area contributed by atoms with E-state index in [0.29, 0.717) is 11.6 Å². The second kappa shape index (κ2) is 6.65. The topological polar surface area (TPSA) is 99.1 Å². The van der Waals surface area contributed by atoms with Crippen LogP contribution in [0.1, 0.15) is 19.5 Å². The summed E-state index contributed by atoms with van der Waals surface area (Å²) in [6.07, 6.45) is 5.54. The van der Waals surface area contributed by atoms with Gasteiger partial charge in [-0.25, -0.2) is 15.0 Å². The number of nitrogens with two attached hydrogens (primary N) is 1. The summed E-state index contributed by atoms with van der Waals surface area (Å²) >= 11 is 0.